The number of anilines is 5. The van der Waals surface area contributed by atoms with Gasteiger partial charge in [-0.15, -0.1) is 0 Å². The maximum Gasteiger partial charge on any atom is 0.408 e. The van der Waals surface area contributed by atoms with Gasteiger partial charge in [0.1, 0.15) is 17.6 Å². The van der Waals surface area contributed by atoms with Crippen LogP contribution in [-0.4, -0.2) is 90.3 Å². The van der Waals surface area contributed by atoms with Gasteiger partial charge in [0.15, 0.2) is 0 Å². The maximum atomic E-state index is 13.8. The van der Waals surface area contributed by atoms with Gasteiger partial charge in [0, 0.05) is 50.0 Å². The SMILES string of the molecule is C=CC(=O)Nc1cc(Nc2ncc3c(n2)N(C2CCC4(CC2)CC4)C(=O)N([C@@H](C)C(F)(F)F)C3)c(OC)cc1N1CCN(C)CC1. The molecule has 11 nitrogen and oxygen atoms in total. The van der Waals surface area contributed by atoms with Gasteiger partial charge < -0.3 is 30.1 Å². The van der Waals surface area contributed by atoms with Gasteiger partial charge in [-0.25, -0.2) is 9.78 Å². The third-order valence-electron chi connectivity index (χ3n) is 9.99. The Morgan fingerprint density at radius 3 is 2.43 bits per heavy atom. The maximum absolute atomic E-state index is 13.8. The Hall–Kier alpha value is -4.07. The third-order valence-corrected chi connectivity index (χ3v) is 9.99. The van der Waals surface area contributed by atoms with Crippen molar-refractivity contribution in [2.45, 2.75) is 70.3 Å². The molecule has 3 amide bonds. The Balaban J connectivity index is 1.34. The van der Waals surface area contributed by atoms with E-state index in [1.54, 1.807) is 6.07 Å². The molecule has 2 aliphatic carbocycles. The van der Waals surface area contributed by atoms with Gasteiger partial charge in [-0.1, -0.05) is 6.58 Å². The number of nitrogens with zero attached hydrogens (tertiary/aromatic N) is 6. The minimum absolute atomic E-state index is 0.148. The number of halogens is 3. The molecule has 2 saturated carbocycles. The molecule has 0 unspecified atom stereocenters. The van der Waals surface area contributed by atoms with Crippen LogP contribution in [0.5, 0.6) is 5.75 Å². The predicted octanol–water partition coefficient (Wildman–Crippen LogP) is 5.52. The summed E-state index contributed by atoms with van der Waals surface area (Å²) in [6, 6.07) is 0.665. The number of aromatic nitrogens is 2. The highest BCUT2D eigenvalue weighted by Gasteiger charge is 2.50. The second kappa shape index (κ2) is 12.3. The van der Waals surface area contributed by atoms with Crippen LogP contribution >= 0.6 is 0 Å². The van der Waals surface area contributed by atoms with Crippen molar-refractivity contribution in [1.29, 1.82) is 0 Å². The highest BCUT2D eigenvalue weighted by Crippen LogP contribution is 2.57. The minimum atomic E-state index is -4.57. The number of carbonyl (C=O) groups excluding carboxylic acids is 2. The molecule has 4 aliphatic rings. The fraction of sp³-hybridized carbons (Fsp3) is 0.562. The fourth-order valence-electron chi connectivity index (χ4n) is 6.77. The van der Waals surface area contributed by atoms with Crippen molar-refractivity contribution < 1.29 is 27.5 Å². The second-order valence-corrected chi connectivity index (χ2v) is 13.0. The lowest BCUT2D eigenvalue weighted by atomic mass is 9.82. The predicted molar refractivity (Wildman–Crippen MR) is 170 cm³/mol. The Morgan fingerprint density at radius 1 is 1.13 bits per heavy atom. The third kappa shape index (κ3) is 6.31. The van der Waals surface area contributed by atoms with Crippen molar-refractivity contribution >= 4 is 40.8 Å². The second-order valence-electron chi connectivity index (χ2n) is 13.0. The molecule has 3 heterocycles. The average molecular weight is 643 g/mol. The van der Waals surface area contributed by atoms with Crippen molar-refractivity contribution in [1.82, 2.24) is 19.8 Å². The lowest BCUT2D eigenvalue weighted by Gasteiger charge is -2.44. The standard InChI is InChI=1S/C32H41F3N8O3/c1-5-27(44)37-23-16-24(26(46-4)17-25(23)41-14-12-40(3)13-15-41)38-29-36-18-21-19-42(20(2)32(33,34)35)30(45)43(28(21)39-29)22-6-8-31(9-7-22)10-11-31/h5,16-18,20,22H,1,6-15,19H2,2-4H3,(H,37,44)(H,36,38,39)/t20-/m0/s1. The Bertz CT molecular complexity index is 1500. The van der Waals surface area contributed by atoms with Crippen LogP contribution in [0.25, 0.3) is 0 Å². The number of ether oxygens (including phenoxy) is 1. The highest BCUT2D eigenvalue weighted by atomic mass is 19.4. The first kappa shape index (κ1) is 31.9. The summed E-state index contributed by atoms with van der Waals surface area (Å²) in [5, 5.41) is 6.07. The first-order valence-electron chi connectivity index (χ1n) is 15.8. The summed E-state index contributed by atoms with van der Waals surface area (Å²) >= 11 is 0. The first-order chi connectivity index (χ1) is 21.9. The molecule has 0 radical (unpaired) electrons. The number of fused-ring (bicyclic) bond motifs is 1. The molecule has 6 rings (SSSR count). The number of methoxy groups -OCH3 is 1. The van der Waals surface area contributed by atoms with Crippen LogP contribution in [0.2, 0.25) is 0 Å². The van der Waals surface area contributed by atoms with Gasteiger partial charge in [-0.2, -0.15) is 18.2 Å². The Labute approximate surface area is 266 Å². The number of piperazine rings is 1. The number of likely N-dealkylation sites (N-methyl/N-ethyl adjacent to an activating group) is 1. The first-order valence-corrected chi connectivity index (χ1v) is 15.8. The molecule has 3 fully saturated rings. The number of urea groups is 1. The van der Waals surface area contributed by atoms with E-state index in [-0.39, 0.29) is 24.4 Å². The van der Waals surface area contributed by atoms with Crippen molar-refractivity contribution in [3.8, 4) is 5.75 Å². The summed E-state index contributed by atoms with van der Waals surface area (Å²) in [4.78, 5) is 42.1. The highest BCUT2D eigenvalue weighted by molar-refractivity contribution is 6.02. The zero-order chi connectivity index (χ0) is 32.8. The molecule has 2 N–H and O–H groups in total. The number of nitrogens with one attached hydrogen (secondary N) is 2. The van der Waals surface area contributed by atoms with E-state index in [0.717, 1.165) is 56.5 Å². The van der Waals surface area contributed by atoms with E-state index in [9.17, 15) is 22.8 Å². The van der Waals surface area contributed by atoms with Crippen LogP contribution in [-0.2, 0) is 11.3 Å². The van der Waals surface area contributed by atoms with E-state index in [2.05, 4.69) is 39.0 Å². The van der Waals surface area contributed by atoms with Crippen molar-refractivity contribution in [2.24, 2.45) is 5.41 Å². The van der Waals surface area contributed by atoms with Gasteiger partial charge in [-0.3, -0.25) is 9.69 Å². The molecule has 1 atom stereocenters. The molecule has 2 aromatic rings. The van der Waals surface area contributed by atoms with E-state index in [4.69, 9.17) is 9.72 Å². The molecular formula is C32H41F3N8O3. The lowest BCUT2D eigenvalue weighted by Crippen LogP contribution is -2.58. The summed E-state index contributed by atoms with van der Waals surface area (Å²) in [7, 11) is 3.60. The fourth-order valence-corrected chi connectivity index (χ4v) is 6.77. The molecule has 2 aliphatic heterocycles. The van der Waals surface area contributed by atoms with Crippen molar-refractivity contribution in [3.05, 3.63) is 36.5 Å². The van der Waals surface area contributed by atoms with E-state index in [1.807, 2.05) is 6.07 Å². The van der Waals surface area contributed by atoms with Crippen molar-refractivity contribution in [2.75, 3.05) is 60.8 Å². The van der Waals surface area contributed by atoms with E-state index >= 15 is 0 Å². The van der Waals surface area contributed by atoms with Crippen LogP contribution in [0.3, 0.4) is 0 Å². The van der Waals surface area contributed by atoms with Gasteiger partial charge in [-0.05, 0) is 70.1 Å². The molecule has 14 heteroatoms. The largest absolute Gasteiger partial charge is 0.494 e. The van der Waals surface area contributed by atoms with Crippen molar-refractivity contribution in [3.63, 3.8) is 0 Å². The Morgan fingerprint density at radius 2 is 1.83 bits per heavy atom. The summed E-state index contributed by atoms with van der Waals surface area (Å²) in [5.74, 6) is 0.573. The monoisotopic (exact) mass is 642 g/mol. The molecule has 1 aromatic carbocycles. The Kier molecular flexibility index (Phi) is 8.51. The topological polar surface area (TPSA) is 106 Å². The summed E-state index contributed by atoms with van der Waals surface area (Å²) < 4.78 is 47.2. The molecule has 248 valence electrons. The van der Waals surface area contributed by atoms with Gasteiger partial charge in [0.2, 0.25) is 11.9 Å². The summed E-state index contributed by atoms with van der Waals surface area (Å²) in [6.45, 7) is 7.57. The molecule has 1 saturated heterocycles. The number of alkyl halides is 3. The van der Waals surface area contributed by atoms with Crippen LogP contribution in [0.15, 0.2) is 31.0 Å². The number of hydrogen-bond acceptors (Lipinski definition) is 8. The normalized spacial score (nSPS) is 20.7. The van der Waals surface area contributed by atoms with Gasteiger partial charge in [0.25, 0.3) is 0 Å². The van der Waals surface area contributed by atoms with Crippen LogP contribution < -0.4 is 25.2 Å². The molecule has 0 bridgehead atoms. The lowest BCUT2D eigenvalue weighted by molar-refractivity contribution is -0.172. The van der Waals surface area contributed by atoms with E-state index in [1.165, 1.54) is 37.1 Å². The number of carbonyl (C=O) groups is 2. The molecule has 46 heavy (non-hydrogen) atoms. The molecule has 1 spiro atoms. The minimum Gasteiger partial charge on any atom is -0.494 e. The summed E-state index contributed by atoms with van der Waals surface area (Å²) in [5.41, 5.74) is 2.58. The van der Waals surface area contributed by atoms with E-state index in [0.29, 0.717) is 46.8 Å². The number of benzene rings is 1. The van der Waals surface area contributed by atoms with Gasteiger partial charge in [0.05, 0.1) is 30.7 Å². The quantitative estimate of drug-likeness (QED) is 0.363. The smallest absolute Gasteiger partial charge is 0.408 e. The number of rotatable bonds is 8. The summed E-state index contributed by atoms with van der Waals surface area (Å²) in [6.07, 6.45) is 3.75. The van der Waals surface area contributed by atoms with Crippen LogP contribution in [0, 0.1) is 5.41 Å². The van der Waals surface area contributed by atoms with Gasteiger partial charge >= 0.3 is 12.2 Å². The number of hydrogen-bond donors (Lipinski definition) is 2. The molecule has 1 aromatic heterocycles. The van der Waals surface area contributed by atoms with Crippen LogP contribution in [0.1, 0.15) is 51.0 Å². The zero-order valence-electron chi connectivity index (χ0n) is 26.5. The number of amides is 3. The average Bonchev–Trinajstić information content (AvgIpc) is 3.79. The van der Waals surface area contributed by atoms with E-state index < -0.39 is 18.2 Å². The van der Waals surface area contributed by atoms with Crippen LogP contribution in [0.4, 0.5) is 46.8 Å². The zero-order valence-corrected chi connectivity index (χ0v) is 26.5. The molecular weight excluding hydrogens is 601 g/mol.